The third kappa shape index (κ3) is 5.73. The van der Waals surface area contributed by atoms with Crippen molar-refractivity contribution in [3.63, 3.8) is 0 Å². The SMILES string of the molecule is N#Cc1cc(C(F)(F)F)c(=O)n(CC(=O)N2CCC(c3nc(C4=NOC(c5c(Cl)cccc5Cl)C4)cs3)CC2)c1. The molecule has 1 unspecified atom stereocenters. The maximum atomic E-state index is 13.2. The first kappa shape index (κ1) is 28.1. The van der Waals surface area contributed by atoms with Crippen molar-refractivity contribution < 1.29 is 22.8 Å². The van der Waals surface area contributed by atoms with E-state index in [1.54, 1.807) is 24.3 Å². The van der Waals surface area contributed by atoms with Gasteiger partial charge in [0.1, 0.15) is 23.9 Å². The van der Waals surface area contributed by atoms with Crippen LogP contribution in [0.25, 0.3) is 0 Å². The van der Waals surface area contributed by atoms with Crippen LogP contribution in [0.15, 0.2) is 45.8 Å². The number of thiazole rings is 1. The summed E-state index contributed by atoms with van der Waals surface area (Å²) in [6, 6.07) is 7.33. The Balaban J connectivity index is 1.20. The molecule has 1 aromatic carbocycles. The zero-order valence-electron chi connectivity index (χ0n) is 20.6. The summed E-state index contributed by atoms with van der Waals surface area (Å²) in [5.74, 6) is -0.411. The number of amides is 1. The lowest BCUT2D eigenvalue weighted by Gasteiger charge is -2.31. The number of hydrogen-bond acceptors (Lipinski definition) is 7. The maximum Gasteiger partial charge on any atom is 0.421 e. The fourth-order valence-corrected chi connectivity index (χ4v) is 6.39. The molecule has 3 aromatic rings. The van der Waals surface area contributed by atoms with Crippen molar-refractivity contribution in [1.29, 1.82) is 5.26 Å². The van der Waals surface area contributed by atoms with Crippen molar-refractivity contribution in [1.82, 2.24) is 14.5 Å². The molecule has 0 bridgehead atoms. The lowest BCUT2D eigenvalue weighted by molar-refractivity contribution is -0.139. The van der Waals surface area contributed by atoms with Crippen molar-refractivity contribution in [2.75, 3.05) is 13.1 Å². The van der Waals surface area contributed by atoms with Crippen LogP contribution in [0.5, 0.6) is 0 Å². The highest BCUT2D eigenvalue weighted by atomic mass is 35.5. The summed E-state index contributed by atoms with van der Waals surface area (Å²) in [6.45, 7) is 0.128. The Hall–Kier alpha value is -3.40. The van der Waals surface area contributed by atoms with Gasteiger partial charge in [-0.15, -0.1) is 11.3 Å². The number of rotatable bonds is 5. The molecule has 0 aliphatic carbocycles. The van der Waals surface area contributed by atoms with Gasteiger partial charge in [-0.05, 0) is 31.0 Å². The first-order chi connectivity index (χ1) is 19.0. The fraction of sp³-hybridized carbons (Fsp3) is 0.346. The van der Waals surface area contributed by atoms with Gasteiger partial charge in [0.2, 0.25) is 5.91 Å². The number of nitrogens with zero attached hydrogens (tertiary/aromatic N) is 5. The maximum absolute atomic E-state index is 13.2. The molecule has 2 aromatic heterocycles. The largest absolute Gasteiger partial charge is 0.421 e. The van der Waals surface area contributed by atoms with Crippen molar-refractivity contribution in [2.24, 2.45) is 5.16 Å². The molecule has 0 spiro atoms. The summed E-state index contributed by atoms with van der Waals surface area (Å²) in [5, 5.41) is 17.0. The van der Waals surface area contributed by atoms with Gasteiger partial charge in [-0.25, -0.2) is 4.98 Å². The number of halogens is 5. The summed E-state index contributed by atoms with van der Waals surface area (Å²) < 4.78 is 40.3. The minimum atomic E-state index is -4.93. The van der Waals surface area contributed by atoms with Crippen LogP contribution in [0.1, 0.15) is 58.7 Å². The van der Waals surface area contributed by atoms with Crippen LogP contribution in [-0.2, 0) is 22.4 Å². The van der Waals surface area contributed by atoms with Gasteiger partial charge in [-0.1, -0.05) is 34.4 Å². The number of hydrogen-bond donors (Lipinski definition) is 0. The van der Waals surface area contributed by atoms with E-state index in [0.29, 0.717) is 70.0 Å². The van der Waals surface area contributed by atoms with Gasteiger partial charge in [0.25, 0.3) is 5.56 Å². The molecule has 5 rings (SSSR count). The van der Waals surface area contributed by atoms with Gasteiger partial charge < -0.3 is 14.3 Å². The molecule has 8 nitrogen and oxygen atoms in total. The Morgan fingerprint density at radius 3 is 2.58 bits per heavy atom. The van der Waals surface area contributed by atoms with Crippen LogP contribution in [0, 0.1) is 11.3 Å². The second-order valence-electron chi connectivity index (χ2n) is 9.38. The highest BCUT2D eigenvalue weighted by molar-refractivity contribution is 7.10. The molecule has 0 radical (unpaired) electrons. The van der Waals surface area contributed by atoms with Gasteiger partial charge >= 0.3 is 6.18 Å². The number of carbonyl (C=O) groups excluding carboxylic acids is 1. The van der Waals surface area contributed by atoms with E-state index < -0.39 is 35.9 Å². The monoisotopic (exact) mass is 609 g/mol. The lowest BCUT2D eigenvalue weighted by Crippen LogP contribution is -2.41. The molecule has 2 aliphatic heterocycles. The zero-order chi connectivity index (χ0) is 28.6. The van der Waals surface area contributed by atoms with Crippen molar-refractivity contribution >= 4 is 46.2 Å². The highest BCUT2D eigenvalue weighted by Crippen LogP contribution is 2.39. The topological polar surface area (TPSA) is 101 Å². The summed E-state index contributed by atoms with van der Waals surface area (Å²) in [6.07, 6.45) is -2.72. The van der Waals surface area contributed by atoms with E-state index in [-0.39, 0.29) is 11.5 Å². The average Bonchev–Trinajstić information content (AvgIpc) is 3.59. The second kappa shape index (κ2) is 11.2. The van der Waals surface area contributed by atoms with E-state index in [2.05, 4.69) is 5.16 Å². The van der Waals surface area contributed by atoms with Gasteiger partial charge in [0.15, 0.2) is 6.10 Å². The predicted molar refractivity (Wildman–Crippen MR) is 143 cm³/mol. The Morgan fingerprint density at radius 1 is 1.23 bits per heavy atom. The van der Waals surface area contributed by atoms with Crippen molar-refractivity contribution in [3.8, 4) is 6.07 Å². The summed E-state index contributed by atoms with van der Waals surface area (Å²) in [7, 11) is 0. The standard InChI is InChI=1S/C26H20Cl2F3N5O3S/c27-17-2-1-3-18(28)23(17)21-9-19(34-39-21)20-13-40-24(33-20)15-4-6-35(7-5-15)22(37)12-36-11-14(10-32)8-16(25(36)38)26(29,30)31/h1-3,8,11,13,15,21H,4-7,9,12H2. The molecule has 4 heterocycles. The van der Waals surface area contributed by atoms with Crippen molar-refractivity contribution in [3.05, 3.63) is 83.6 Å². The molecule has 40 heavy (non-hydrogen) atoms. The first-order valence-electron chi connectivity index (χ1n) is 12.2. The molecule has 0 N–H and O–H groups in total. The number of alkyl halides is 3. The Morgan fingerprint density at radius 2 is 1.93 bits per heavy atom. The molecule has 1 saturated heterocycles. The third-order valence-electron chi connectivity index (χ3n) is 6.83. The van der Waals surface area contributed by atoms with E-state index in [1.165, 1.54) is 16.2 Å². The molecule has 2 aliphatic rings. The quantitative estimate of drug-likeness (QED) is 0.365. The molecule has 14 heteroatoms. The minimum Gasteiger partial charge on any atom is -0.387 e. The van der Waals surface area contributed by atoms with E-state index in [1.807, 2.05) is 5.38 Å². The van der Waals surface area contributed by atoms with E-state index in [9.17, 15) is 22.8 Å². The zero-order valence-corrected chi connectivity index (χ0v) is 22.9. The summed E-state index contributed by atoms with van der Waals surface area (Å²) in [5.41, 5.74) is -1.13. The molecule has 1 fully saturated rings. The number of likely N-dealkylation sites (tertiary alicyclic amines) is 1. The van der Waals surface area contributed by atoms with Gasteiger partial charge in [0.05, 0.1) is 16.3 Å². The first-order valence-corrected chi connectivity index (χ1v) is 13.8. The van der Waals surface area contributed by atoms with Gasteiger partial charge in [0, 0.05) is 52.6 Å². The Bertz CT molecular complexity index is 1570. The molecule has 208 valence electrons. The second-order valence-corrected chi connectivity index (χ2v) is 11.1. The predicted octanol–water partition coefficient (Wildman–Crippen LogP) is 5.77. The van der Waals surface area contributed by atoms with Crippen molar-refractivity contribution in [2.45, 2.75) is 44.0 Å². The van der Waals surface area contributed by atoms with E-state index >= 15 is 0 Å². The molecule has 1 amide bonds. The number of pyridine rings is 1. The number of oxime groups is 1. The Kier molecular flexibility index (Phi) is 7.90. The number of nitriles is 1. The normalized spacial score (nSPS) is 17.9. The number of carbonyl (C=O) groups is 1. The molecular formula is C26H20Cl2F3N5O3S. The summed E-state index contributed by atoms with van der Waals surface area (Å²) >= 11 is 14.1. The van der Waals surface area contributed by atoms with E-state index in [0.717, 1.165) is 11.2 Å². The Labute approximate surface area is 240 Å². The van der Waals surface area contributed by atoms with Crippen LogP contribution >= 0.6 is 34.5 Å². The third-order valence-corrected chi connectivity index (χ3v) is 8.50. The molecule has 1 atom stereocenters. The highest BCUT2D eigenvalue weighted by Gasteiger charge is 2.36. The van der Waals surface area contributed by atoms with Crippen LogP contribution in [0.4, 0.5) is 13.2 Å². The number of piperidine rings is 1. The number of benzene rings is 1. The van der Waals surface area contributed by atoms with Crippen LogP contribution in [0.3, 0.4) is 0 Å². The summed E-state index contributed by atoms with van der Waals surface area (Å²) in [4.78, 5) is 37.0. The van der Waals surface area contributed by atoms with Gasteiger partial charge in [-0.2, -0.15) is 18.4 Å². The van der Waals surface area contributed by atoms with E-state index in [4.69, 9.17) is 38.3 Å². The lowest BCUT2D eigenvalue weighted by atomic mass is 9.97. The minimum absolute atomic E-state index is 0.0843. The van der Waals surface area contributed by atoms with Gasteiger partial charge in [-0.3, -0.25) is 9.59 Å². The molecule has 0 saturated carbocycles. The van der Waals surface area contributed by atoms with Crippen LogP contribution in [0.2, 0.25) is 10.0 Å². The number of aromatic nitrogens is 2. The van der Waals surface area contributed by atoms with Crippen LogP contribution in [-0.4, -0.2) is 39.2 Å². The fourth-order valence-electron chi connectivity index (χ4n) is 4.75. The average molecular weight is 610 g/mol. The molecular weight excluding hydrogens is 590 g/mol. The smallest absolute Gasteiger partial charge is 0.387 e. The van der Waals surface area contributed by atoms with Crippen LogP contribution < -0.4 is 5.56 Å².